The Morgan fingerprint density at radius 1 is 1.00 bits per heavy atom. The Kier molecular flexibility index (Phi) is 4.71. The molecule has 2 aromatic carbocycles. The normalized spacial score (nSPS) is 18.7. The molecule has 1 unspecified atom stereocenters. The van der Waals surface area contributed by atoms with Crippen LogP contribution in [0, 0.1) is 0 Å². The van der Waals surface area contributed by atoms with E-state index in [9.17, 15) is 9.59 Å². The zero-order valence-corrected chi connectivity index (χ0v) is 14.8. The number of quaternary nitrogens is 1. The molecule has 4 rings (SSSR count). The van der Waals surface area contributed by atoms with Crippen molar-refractivity contribution in [1.82, 2.24) is 5.32 Å². The third kappa shape index (κ3) is 3.94. The van der Waals surface area contributed by atoms with Crippen LogP contribution in [0.25, 0.3) is 0 Å². The fourth-order valence-corrected chi connectivity index (χ4v) is 3.50. The second-order valence-electron chi connectivity index (χ2n) is 7.21. The molecule has 0 saturated heterocycles. The molecule has 5 nitrogen and oxygen atoms in total. The van der Waals surface area contributed by atoms with Gasteiger partial charge in [0.25, 0.3) is 11.8 Å². The number of anilines is 1. The van der Waals surface area contributed by atoms with Gasteiger partial charge in [0.05, 0.1) is 17.8 Å². The Bertz CT molecular complexity index is 830. The van der Waals surface area contributed by atoms with Crippen molar-refractivity contribution in [3.05, 3.63) is 65.2 Å². The third-order valence-corrected chi connectivity index (χ3v) is 5.08. The average Bonchev–Trinajstić information content (AvgIpc) is 3.46. The van der Waals surface area contributed by atoms with Gasteiger partial charge in [0.15, 0.2) is 6.54 Å². The second kappa shape index (κ2) is 7.30. The minimum atomic E-state index is -0.109. The molecule has 1 saturated carbocycles. The summed E-state index contributed by atoms with van der Waals surface area (Å²) in [4.78, 5) is 26.1. The van der Waals surface area contributed by atoms with E-state index in [1.54, 1.807) is 12.1 Å². The summed E-state index contributed by atoms with van der Waals surface area (Å²) >= 11 is 0. The summed E-state index contributed by atoms with van der Waals surface area (Å²) in [7, 11) is 0. The van der Waals surface area contributed by atoms with Gasteiger partial charge in [-0.15, -0.1) is 0 Å². The minimum absolute atomic E-state index is 0.0500. The first-order valence-electron chi connectivity index (χ1n) is 9.29. The molecule has 0 aromatic heterocycles. The van der Waals surface area contributed by atoms with Crippen LogP contribution in [0.4, 0.5) is 5.69 Å². The first-order chi connectivity index (χ1) is 12.7. The Morgan fingerprint density at radius 2 is 1.73 bits per heavy atom. The van der Waals surface area contributed by atoms with Gasteiger partial charge in [-0.25, -0.2) is 0 Å². The molecule has 5 heteroatoms. The van der Waals surface area contributed by atoms with Crippen molar-refractivity contribution in [2.24, 2.45) is 0 Å². The zero-order valence-electron chi connectivity index (χ0n) is 14.8. The molecular weight excluding hydrogens is 326 g/mol. The van der Waals surface area contributed by atoms with Crippen LogP contribution in [-0.2, 0) is 17.8 Å². The predicted molar refractivity (Wildman–Crippen MR) is 100 cm³/mol. The molecule has 1 fully saturated rings. The van der Waals surface area contributed by atoms with Crippen LogP contribution in [0.1, 0.15) is 34.3 Å². The summed E-state index contributed by atoms with van der Waals surface area (Å²) < 4.78 is 0. The van der Waals surface area contributed by atoms with Gasteiger partial charge >= 0.3 is 0 Å². The van der Waals surface area contributed by atoms with Crippen molar-refractivity contribution < 1.29 is 14.5 Å². The first kappa shape index (κ1) is 16.8. The Hall–Kier alpha value is -2.66. The molecule has 1 aliphatic carbocycles. The van der Waals surface area contributed by atoms with E-state index in [4.69, 9.17) is 0 Å². The highest BCUT2D eigenvalue weighted by Crippen LogP contribution is 2.21. The predicted octanol–water partition coefficient (Wildman–Crippen LogP) is 1.16. The van der Waals surface area contributed by atoms with Crippen LogP contribution in [-0.4, -0.2) is 30.9 Å². The minimum Gasteiger partial charge on any atom is -0.349 e. The van der Waals surface area contributed by atoms with Gasteiger partial charge in [0.1, 0.15) is 6.54 Å². The lowest BCUT2D eigenvalue weighted by Gasteiger charge is -2.25. The number of carbonyl (C=O) groups is 2. The molecule has 0 radical (unpaired) electrons. The highest BCUT2D eigenvalue weighted by atomic mass is 16.2. The molecule has 0 bridgehead atoms. The van der Waals surface area contributed by atoms with Crippen LogP contribution >= 0.6 is 0 Å². The number of nitrogens with one attached hydrogen (secondary N) is 3. The van der Waals surface area contributed by atoms with Crippen LogP contribution < -0.4 is 15.5 Å². The fourth-order valence-electron chi connectivity index (χ4n) is 3.50. The largest absolute Gasteiger partial charge is 0.349 e. The van der Waals surface area contributed by atoms with Gasteiger partial charge in [-0.1, -0.05) is 36.4 Å². The first-order valence-corrected chi connectivity index (χ1v) is 9.29. The van der Waals surface area contributed by atoms with Crippen molar-refractivity contribution in [2.75, 3.05) is 18.4 Å². The standard InChI is InChI=1S/C21H23N3O2/c25-20(14-24-12-11-15-5-1-2-6-16(15)13-24)23-19-8-4-3-7-18(19)21(26)22-17-9-10-17/h1-8,17H,9-14H2,(H,22,26)(H,23,25)/p+1. The number of hydrogen-bond donors (Lipinski definition) is 3. The van der Waals surface area contributed by atoms with Gasteiger partial charge in [0.2, 0.25) is 0 Å². The number of hydrogen-bond acceptors (Lipinski definition) is 2. The molecule has 134 valence electrons. The monoisotopic (exact) mass is 350 g/mol. The molecule has 1 heterocycles. The lowest BCUT2D eigenvalue weighted by molar-refractivity contribution is -0.907. The molecule has 2 aliphatic rings. The highest BCUT2D eigenvalue weighted by Gasteiger charge is 2.26. The number of carbonyl (C=O) groups excluding carboxylic acids is 2. The van der Waals surface area contributed by atoms with Crippen molar-refractivity contribution in [1.29, 1.82) is 0 Å². The van der Waals surface area contributed by atoms with Crippen LogP contribution in [0.15, 0.2) is 48.5 Å². The molecule has 1 aliphatic heterocycles. The summed E-state index contributed by atoms with van der Waals surface area (Å²) in [6, 6.07) is 15.9. The summed E-state index contributed by atoms with van der Waals surface area (Å²) in [6.45, 7) is 2.23. The Morgan fingerprint density at radius 3 is 2.54 bits per heavy atom. The zero-order chi connectivity index (χ0) is 17.9. The molecule has 26 heavy (non-hydrogen) atoms. The van der Waals surface area contributed by atoms with Gasteiger partial charge in [0, 0.05) is 18.0 Å². The smallest absolute Gasteiger partial charge is 0.279 e. The molecule has 2 amide bonds. The lowest BCUT2D eigenvalue weighted by atomic mass is 10.00. The van der Waals surface area contributed by atoms with E-state index in [0.717, 1.165) is 32.4 Å². The van der Waals surface area contributed by atoms with E-state index in [1.807, 2.05) is 12.1 Å². The topological polar surface area (TPSA) is 62.6 Å². The van der Waals surface area contributed by atoms with Crippen LogP contribution in [0.5, 0.6) is 0 Å². The maximum absolute atomic E-state index is 12.5. The van der Waals surface area contributed by atoms with E-state index in [0.29, 0.717) is 23.8 Å². The SMILES string of the molecule is O=C(C[NH+]1CCc2ccccc2C1)Nc1ccccc1C(=O)NC1CC1. The van der Waals surface area contributed by atoms with E-state index >= 15 is 0 Å². The summed E-state index contributed by atoms with van der Waals surface area (Å²) in [5, 5.41) is 5.92. The van der Waals surface area contributed by atoms with E-state index in [1.165, 1.54) is 16.0 Å². The van der Waals surface area contributed by atoms with Crippen LogP contribution in [0.3, 0.4) is 0 Å². The maximum atomic E-state index is 12.5. The van der Waals surface area contributed by atoms with Gasteiger partial charge in [-0.3, -0.25) is 9.59 Å². The Balaban J connectivity index is 1.39. The quantitative estimate of drug-likeness (QED) is 0.758. The van der Waals surface area contributed by atoms with Crippen molar-refractivity contribution in [3.63, 3.8) is 0 Å². The second-order valence-corrected chi connectivity index (χ2v) is 7.21. The van der Waals surface area contributed by atoms with Crippen LogP contribution in [0.2, 0.25) is 0 Å². The average molecular weight is 350 g/mol. The van der Waals surface area contributed by atoms with Gasteiger partial charge in [-0.2, -0.15) is 0 Å². The number of rotatable bonds is 5. The summed E-state index contributed by atoms with van der Waals surface area (Å²) in [6.07, 6.45) is 3.08. The highest BCUT2D eigenvalue weighted by molar-refractivity contribution is 6.04. The molecule has 3 N–H and O–H groups in total. The lowest BCUT2D eigenvalue weighted by Crippen LogP contribution is -3.12. The van der Waals surface area contributed by atoms with Crippen molar-refractivity contribution in [3.8, 4) is 0 Å². The Labute approximate surface area is 153 Å². The van der Waals surface area contributed by atoms with Crippen molar-refractivity contribution in [2.45, 2.75) is 31.8 Å². The molecule has 0 spiro atoms. The number of benzene rings is 2. The summed E-state index contributed by atoms with van der Waals surface area (Å²) in [5.74, 6) is -0.159. The van der Waals surface area contributed by atoms with Gasteiger partial charge < -0.3 is 15.5 Å². The molecule has 1 atom stereocenters. The molecule has 2 aromatic rings. The van der Waals surface area contributed by atoms with E-state index in [-0.39, 0.29) is 11.8 Å². The number of amides is 2. The van der Waals surface area contributed by atoms with Gasteiger partial charge in [-0.05, 0) is 30.5 Å². The van der Waals surface area contributed by atoms with Crippen molar-refractivity contribution >= 4 is 17.5 Å². The summed E-state index contributed by atoms with van der Waals surface area (Å²) in [5.41, 5.74) is 3.84. The third-order valence-electron chi connectivity index (χ3n) is 5.08. The van der Waals surface area contributed by atoms with E-state index < -0.39 is 0 Å². The number of para-hydroxylation sites is 1. The molecular formula is C21H24N3O2+. The maximum Gasteiger partial charge on any atom is 0.279 e. The number of fused-ring (bicyclic) bond motifs is 1. The fraction of sp³-hybridized carbons (Fsp3) is 0.333. The van der Waals surface area contributed by atoms with E-state index in [2.05, 4.69) is 34.9 Å².